The van der Waals surface area contributed by atoms with Crippen LogP contribution >= 0.6 is 0 Å². The Morgan fingerprint density at radius 2 is 2.10 bits per heavy atom. The van der Waals surface area contributed by atoms with E-state index in [1.165, 1.54) is 38.9 Å². The molecule has 4 nitrogen and oxygen atoms in total. The first-order chi connectivity index (χ1) is 9.58. The van der Waals surface area contributed by atoms with E-state index in [4.69, 9.17) is 0 Å². The van der Waals surface area contributed by atoms with E-state index in [0.717, 1.165) is 31.5 Å². The molecule has 2 fully saturated rings. The van der Waals surface area contributed by atoms with Gasteiger partial charge in [0.1, 0.15) is 0 Å². The largest absolute Gasteiger partial charge is 0.394 e. The zero-order valence-corrected chi connectivity index (χ0v) is 13.6. The van der Waals surface area contributed by atoms with Crippen molar-refractivity contribution in [3.05, 3.63) is 0 Å². The predicted octanol–water partition coefficient (Wildman–Crippen LogP) is 1.15. The second kappa shape index (κ2) is 7.21. The predicted molar refractivity (Wildman–Crippen MR) is 84.0 cm³/mol. The maximum absolute atomic E-state index is 9.72. The highest BCUT2D eigenvalue weighted by Crippen LogP contribution is 2.30. The van der Waals surface area contributed by atoms with Crippen molar-refractivity contribution in [1.82, 2.24) is 15.1 Å². The van der Waals surface area contributed by atoms with E-state index in [1.54, 1.807) is 0 Å². The zero-order valence-electron chi connectivity index (χ0n) is 13.6. The molecule has 20 heavy (non-hydrogen) atoms. The maximum atomic E-state index is 9.72. The lowest BCUT2D eigenvalue weighted by Crippen LogP contribution is -2.59. The summed E-state index contributed by atoms with van der Waals surface area (Å²) in [5, 5.41) is 13.2. The lowest BCUT2D eigenvalue weighted by atomic mass is 9.83. The minimum atomic E-state index is -0.149. The highest BCUT2D eigenvalue weighted by molar-refractivity contribution is 4.93. The summed E-state index contributed by atoms with van der Waals surface area (Å²) < 4.78 is 0. The standard InChI is InChI=1S/C16H33N3O/c1-4-8-17-16(2,13-20)12-19-10-7-15-14(11-19)6-5-9-18(15)3/h14-15,17,20H,4-13H2,1-3H3. The van der Waals surface area contributed by atoms with Gasteiger partial charge in [-0.15, -0.1) is 0 Å². The van der Waals surface area contributed by atoms with E-state index >= 15 is 0 Å². The third-order valence-electron chi connectivity index (χ3n) is 5.15. The highest BCUT2D eigenvalue weighted by Gasteiger charge is 2.36. The first-order valence-corrected chi connectivity index (χ1v) is 8.36. The summed E-state index contributed by atoms with van der Waals surface area (Å²) in [6.07, 6.45) is 5.13. The fraction of sp³-hybridized carbons (Fsp3) is 1.00. The van der Waals surface area contributed by atoms with Crippen molar-refractivity contribution in [3.8, 4) is 0 Å². The van der Waals surface area contributed by atoms with Crippen LogP contribution in [0.5, 0.6) is 0 Å². The summed E-state index contributed by atoms with van der Waals surface area (Å²) in [4.78, 5) is 5.13. The summed E-state index contributed by atoms with van der Waals surface area (Å²) in [6, 6.07) is 0.795. The van der Waals surface area contributed by atoms with Crippen molar-refractivity contribution < 1.29 is 5.11 Å². The Morgan fingerprint density at radius 3 is 2.80 bits per heavy atom. The quantitative estimate of drug-likeness (QED) is 0.767. The van der Waals surface area contributed by atoms with E-state index in [0.29, 0.717) is 0 Å². The molecule has 2 aliphatic rings. The van der Waals surface area contributed by atoms with E-state index in [2.05, 4.69) is 36.0 Å². The molecule has 0 radical (unpaired) electrons. The van der Waals surface area contributed by atoms with E-state index in [1.807, 2.05) is 0 Å². The summed E-state index contributed by atoms with van der Waals surface area (Å²) in [5.74, 6) is 0.830. The molecule has 0 spiro atoms. The SMILES string of the molecule is CCCNC(C)(CO)CN1CCC2C(CCCN2C)C1. The van der Waals surface area contributed by atoms with Crippen molar-refractivity contribution in [3.63, 3.8) is 0 Å². The second-order valence-corrected chi connectivity index (χ2v) is 7.12. The van der Waals surface area contributed by atoms with Gasteiger partial charge >= 0.3 is 0 Å². The first-order valence-electron chi connectivity index (χ1n) is 8.36. The van der Waals surface area contributed by atoms with E-state index < -0.39 is 0 Å². The van der Waals surface area contributed by atoms with Gasteiger partial charge in [-0.1, -0.05) is 6.92 Å². The molecular formula is C16H33N3O. The Morgan fingerprint density at radius 1 is 1.30 bits per heavy atom. The van der Waals surface area contributed by atoms with E-state index in [-0.39, 0.29) is 12.1 Å². The minimum Gasteiger partial charge on any atom is -0.394 e. The van der Waals surface area contributed by atoms with E-state index in [9.17, 15) is 5.11 Å². The van der Waals surface area contributed by atoms with Crippen LogP contribution in [0.1, 0.15) is 39.5 Å². The van der Waals surface area contributed by atoms with Gasteiger partial charge in [0.05, 0.1) is 12.1 Å². The molecule has 3 atom stereocenters. The van der Waals surface area contributed by atoms with Crippen LogP contribution in [0.2, 0.25) is 0 Å². The molecule has 0 aromatic rings. The number of nitrogens with one attached hydrogen (secondary N) is 1. The monoisotopic (exact) mass is 283 g/mol. The Labute approximate surface area is 124 Å². The second-order valence-electron chi connectivity index (χ2n) is 7.12. The molecule has 0 aromatic carbocycles. The number of aliphatic hydroxyl groups excluding tert-OH is 1. The summed E-state index contributed by atoms with van der Waals surface area (Å²) in [7, 11) is 2.28. The normalized spacial score (nSPS) is 31.8. The van der Waals surface area contributed by atoms with Crippen molar-refractivity contribution in [2.24, 2.45) is 5.92 Å². The van der Waals surface area contributed by atoms with Crippen LogP contribution in [0.15, 0.2) is 0 Å². The van der Waals surface area contributed by atoms with Gasteiger partial charge in [-0.2, -0.15) is 0 Å². The minimum absolute atomic E-state index is 0.149. The molecule has 0 bridgehead atoms. The third-order valence-corrected chi connectivity index (χ3v) is 5.15. The molecule has 0 aliphatic carbocycles. The molecule has 2 rings (SSSR count). The average Bonchev–Trinajstić information content (AvgIpc) is 2.45. The van der Waals surface area contributed by atoms with Gasteiger partial charge in [0.15, 0.2) is 0 Å². The van der Waals surface area contributed by atoms with Gasteiger partial charge in [0, 0.05) is 19.1 Å². The number of hydrogen-bond acceptors (Lipinski definition) is 4. The Kier molecular flexibility index (Phi) is 5.84. The molecule has 2 saturated heterocycles. The molecule has 0 aromatic heterocycles. The number of nitrogens with zero attached hydrogens (tertiary/aromatic N) is 2. The smallest absolute Gasteiger partial charge is 0.0623 e. The average molecular weight is 283 g/mol. The van der Waals surface area contributed by atoms with Crippen molar-refractivity contribution in [1.29, 1.82) is 0 Å². The van der Waals surface area contributed by atoms with Crippen molar-refractivity contribution in [2.45, 2.75) is 51.1 Å². The Balaban J connectivity index is 1.87. The lowest BCUT2D eigenvalue weighted by Gasteiger charge is -2.47. The Hall–Kier alpha value is -0.160. The van der Waals surface area contributed by atoms with Crippen LogP contribution < -0.4 is 5.32 Å². The fourth-order valence-corrected chi connectivity index (χ4v) is 3.95. The third kappa shape index (κ3) is 3.94. The lowest BCUT2D eigenvalue weighted by molar-refractivity contribution is 0.0203. The van der Waals surface area contributed by atoms with Crippen LogP contribution in [0.4, 0.5) is 0 Å². The van der Waals surface area contributed by atoms with Crippen molar-refractivity contribution in [2.75, 3.05) is 46.4 Å². The molecule has 0 amide bonds. The topological polar surface area (TPSA) is 38.7 Å². The summed E-state index contributed by atoms with van der Waals surface area (Å²) in [6.45, 7) is 10.2. The summed E-state index contributed by atoms with van der Waals surface area (Å²) >= 11 is 0. The molecule has 2 N–H and O–H groups in total. The van der Waals surface area contributed by atoms with Crippen LogP contribution in [-0.4, -0.2) is 72.9 Å². The number of aliphatic hydroxyl groups is 1. The maximum Gasteiger partial charge on any atom is 0.0623 e. The van der Waals surface area contributed by atoms with Crippen LogP contribution in [0.25, 0.3) is 0 Å². The number of likely N-dealkylation sites (tertiary alicyclic amines) is 2. The van der Waals surface area contributed by atoms with Crippen LogP contribution in [0, 0.1) is 5.92 Å². The van der Waals surface area contributed by atoms with Gasteiger partial charge in [-0.25, -0.2) is 0 Å². The number of hydrogen-bond donors (Lipinski definition) is 2. The van der Waals surface area contributed by atoms with Crippen LogP contribution in [-0.2, 0) is 0 Å². The van der Waals surface area contributed by atoms with Crippen LogP contribution in [0.3, 0.4) is 0 Å². The fourth-order valence-electron chi connectivity index (χ4n) is 3.95. The number of rotatable bonds is 6. The first kappa shape index (κ1) is 16.2. The van der Waals surface area contributed by atoms with Gasteiger partial charge < -0.3 is 20.2 Å². The van der Waals surface area contributed by atoms with Crippen molar-refractivity contribution >= 4 is 0 Å². The zero-order chi connectivity index (χ0) is 14.6. The number of piperidine rings is 2. The molecule has 118 valence electrons. The van der Waals surface area contributed by atoms with Gasteiger partial charge in [-0.3, -0.25) is 0 Å². The van der Waals surface area contributed by atoms with Gasteiger partial charge in [0.2, 0.25) is 0 Å². The highest BCUT2D eigenvalue weighted by atomic mass is 16.3. The molecule has 2 heterocycles. The van der Waals surface area contributed by atoms with Gasteiger partial charge in [-0.05, 0) is 65.2 Å². The number of fused-ring (bicyclic) bond motifs is 1. The Bertz CT molecular complexity index is 299. The molecule has 4 heteroatoms. The molecule has 2 aliphatic heterocycles. The van der Waals surface area contributed by atoms with Gasteiger partial charge in [0.25, 0.3) is 0 Å². The molecule has 3 unspecified atom stereocenters. The summed E-state index contributed by atoms with van der Waals surface area (Å²) in [5.41, 5.74) is -0.149. The molecule has 0 saturated carbocycles. The molecular weight excluding hydrogens is 250 g/mol.